The van der Waals surface area contributed by atoms with Crippen LogP contribution in [-0.2, 0) is 4.79 Å². The maximum absolute atomic E-state index is 12.7. The third-order valence-corrected chi connectivity index (χ3v) is 5.31. The van der Waals surface area contributed by atoms with Crippen molar-refractivity contribution in [3.63, 3.8) is 0 Å². The van der Waals surface area contributed by atoms with Crippen molar-refractivity contribution in [1.29, 1.82) is 0 Å². The van der Waals surface area contributed by atoms with E-state index in [9.17, 15) is 4.79 Å². The van der Waals surface area contributed by atoms with E-state index in [4.69, 9.17) is 5.73 Å². The van der Waals surface area contributed by atoms with Gasteiger partial charge in [-0.3, -0.25) is 4.79 Å². The standard InChI is InChI=1S/C16H24N2OS/c1-3-15(20-14-7-5-4-6-8-14)16(19)18-11-13(10-17)9-12(18)2/h4-8,12-13,15H,3,9-11,17H2,1-2H3. The summed E-state index contributed by atoms with van der Waals surface area (Å²) < 4.78 is 0. The van der Waals surface area contributed by atoms with Gasteiger partial charge < -0.3 is 10.6 Å². The molecule has 1 fully saturated rings. The summed E-state index contributed by atoms with van der Waals surface area (Å²) >= 11 is 1.67. The number of likely N-dealkylation sites (tertiary alicyclic amines) is 1. The van der Waals surface area contributed by atoms with Crippen LogP contribution in [0.3, 0.4) is 0 Å². The van der Waals surface area contributed by atoms with Crippen LogP contribution in [0.15, 0.2) is 35.2 Å². The molecule has 0 saturated carbocycles. The van der Waals surface area contributed by atoms with Gasteiger partial charge in [-0.05, 0) is 44.4 Å². The molecular formula is C16H24N2OS. The smallest absolute Gasteiger partial charge is 0.236 e. The van der Waals surface area contributed by atoms with Gasteiger partial charge in [-0.2, -0.15) is 0 Å². The van der Waals surface area contributed by atoms with Crippen LogP contribution >= 0.6 is 11.8 Å². The molecule has 2 N–H and O–H groups in total. The van der Waals surface area contributed by atoms with Crippen LogP contribution < -0.4 is 5.73 Å². The first-order chi connectivity index (χ1) is 9.65. The molecule has 0 aromatic heterocycles. The summed E-state index contributed by atoms with van der Waals surface area (Å²) in [5.41, 5.74) is 5.75. The lowest BCUT2D eigenvalue weighted by Crippen LogP contribution is -2.40. The number of carbonyl (C=O) groups is 1. The van der Waals surface area contributed by atoms with Crippen molar-refractivity contribution in [2.75, 3.05) is 13.1 Å². The molecule has 110 valence electrons. The molecule has 1 aromatic carbocycles. The number of thioether (sulfide) groups is 1. The van der Waals surface area contributed by atoms with Gasteiger partial charge in [0.1, 0.15) is 0 Å². The highest BCUT2D eigenvalue weighted by atomic mass is 32.2. The molecule has 1 aliphatic heterocycles. The molecule has 0 radical (unpaired) electrons. The van der Waals surface area contributed by atoms with Crippen molar-refractivity contribution in [3.8, 4) is 0 Å². The fourth-order valence-corrected chi connectivity index (χ4v) is 3.82. The van der Waals surface area contributed by atoms with Gasteiger partial charge in [0.25, 0.3) is 0 Å². The molecule has 1 aliphatic rings. The Kier molecular flexibility index (Phi) is 5.49. The number of nitrogens with two attached hydrogens (primary N) is 1. The SMILES string of the molecule is CCC(Sc1ccccc1)C(=O)N1CC(CN)CC1C. The lowest BCUT2D eigenvalue weighted by molar-refractivity contribution is -0.131. The molecule has 3 nitrogen and oxygen atoms in total. The van der Waals surface area contributed by atoms with Crippen LogP contribution in [0.2, 0.25) is 0 Å². The topological polar surface area (TPSA) is 46.3 Å². The first kappa shape index (κ1) is 15.4. The molecule has 1 heterocycles. The molecule has 1 amide bonds. The van der Waals surface area contributed by atoms with Gasteiger partial charge in [0.2, 0.25) is 5.91 Å². The predicted octanol–water partition coefficient (Wildman–Crippen LogP) is 2.75. The molecule has 20 heavy (non-hydrogen) atoms. The molecule has 1 aromatic rings. The lowest BCUT2D eigenvalue weighted by Gasteiger charge is -2.26. The van der Waals surface area contributed by atoms with Crippen LogP contribution in [0, 0.1) is 5.92 Å². The van der Waals surface area contributed by atoms with E-state index in [0.717, 1.165) is 24.3 Å². The van der Waals surface area contributed by atoms with E-state index in [0.29, 0.717) is 18.5 Å². The van der Waals surface area contributed by atoms with Crippen molar-refractivity contribution in [2.45, 2.75) is 42.9 Å². The summed E-state index contributed by atoms with van der Waals surface area (Å²) in [4.78, 5) is 15.9. The average molecular weight is 292 g/mol. The Bertz CT molecular complexity index is 437. The molecule has 3 unspecified atom stereocenters. The molecule has 0 spiro atoms. The van der Waals surface area contributed by atoms with E-state index in [-0.39, 0.29) is 11.2 Å². The van der Waals surface area contributed by atoms with E-state index >= 15 is 0 Å². The molecule has 4 heteroatoms. The molecule has 1 saturated heterocycles. The second-order valence-electron chi connectivity index (χ2n) is 5.50. The molecule has 0 bridgehead atoms. The van der Waals surface area contributed by atoms with E-state index in [1.165, 1.54) is 0 Å². The van der Waals surface area contributed by atoms with E-state index in [2.05, 4.69) is 26.0 Å². The number of benzene rings is 1. The van der Waals surface area contributed by atoms with Crippen LogP contribution in [-0.4, -0.2) is 35.2 Å². The Morgan fingerprint density at radius 1 is 1.45 bits per heavy atom. The fourth-order valence-electron chi connectivity index (χ4n) is 2.78. The van der Waals surface area contributed by atoms with E-state index in [1.807, 2.05) is 23.1 Å². The normalized spacial score (nSPS) is 23.9. The third-order valence-electron chi connectivity index (χ3n) is 3.95. The molecular weight excluding hydrogens is 268 g/mol. The quantitative estimate of drug-likeness (QED) is 0.849. The summed E-state index contributed by atoms with van der Waals surface area (Å²) in [5.74, 6) is 0.734. The first-order valence-electron chi connectivity index (χ1n) is 7.38. The average Bonchev–Trinajstić information content (AvgIpc) is 2.86. The Morgan fingerprint density at radius 2 is 2.15 bits per heavy atom. The summed E-state index contributed by atoms with van der Waals surface area (Å²) in [6, 6.07) is 10.5. The Morgan fingerprint density at radius 3 is 2.70 bits per heavy atom. The number of hydrogen-bond donors (Lipinski definition) is 1. The largest absolute Gasteiger partial charge is 0.339 e. The zero-order valence-electron chi connectivity index (χ0n) is 12.3. The van der Waals surface area contributed by atoms with Crippen molar-refractivity contribution in [3.05, 3.63) is 30.3 Å². The van der Waals surface area contributed by atoms with Crippen molar-refractivity contribution >= 4 is 17.7 Å². The highest BCUT2D eigenvalue weighted by molar-refractivity contribution is 8.00. The number of amides is 1. The Hall–Kier alpha value is -1.00. The van der Waals surface area contributed by atoms with Gasteiger partial charge in [0.15, 0.2) is 0 Å². The maximum atomic E-state index is 12.7. The van der Waals surface area contributed by atoms with Crippen molar-refractivity contribution in [1.82, 2.24) is 4.90 Å². The zero-order chi connectivity index (χ0) is 14.5. The van der Waals surface area contributed by atoms with Gasteiger partial charge in [0.05, 0.1) is 5.25 Å². The second kappa shape index (κ2) is 7.14. The third kappa shape index (κ3) is 3.55. The summed E-state index contributed by atoms with van der Waals surface area (Å²) in [6.45, 7) is 5.71. The van der Waals surface area contributed by atoms with Crippen molar-refractivity contribution in [2.24, 2.45) is 11.7 Å². The number of hydrogen-bond acceptors (Lipinski definition) is 3. The summed E-state index contributed by atoms with van der Waals surface area (Å²) in [6.07, 6.45) is 1.89. The molecule has 3 atom stereocenters. The van der Waals surface area contributed by atoms with Gasteiger partial charge in [-0.25, -0.2) is 0 Å². The predicted molar refractivity (Wildman–Crippen MR) is 84.7 cm³/mol. The Balaban J connectivity index is 2.02. The van der Waals surface area contributed by atoms with Crippen LogP contribution in [0.4, 0.5) is 0 Å². The van der Waals surface area contributed by atoms with Gasteiger partial charge in [-0.15, -0.1) is 11.8 Å². The molecule has 2 rings (SSSR count). The Labute approximate surface area is 125 Å². The van der Waals surface area contributed by atoms with Gasteiger partial charge in [-0.1, -0.05) is 25.1 Å². The van der Waals surface area contributed by atoms with Crippen molar-refractivity contribution < 1.29 is 4.79 Å². The molecule has 0 aliphatic carbocycles. The maximum Gasteiger partial charge on any atom is 0.236 e. The lowest BCUT2D eigenvalue weighted by atomic mass is 10.1. The second-order valence-corrected chi connectivity index (χ2v) is 6.78. The first-order valence-corrected chi connectivity index (χ1v) is 8.25. The van der Waals surface area contributed by atoms with Crippen LogP contribution in [0.1, 0.15) is 26.7 Å². The highest BCUT2D eigenvalue weighted by Crippen LogP contribution is 2.30. The summed E-state index contributed by atoms with van der Waals surface area (Å²) in [5, 5.41) is 0.0105. The van der Waals surface area contributed by atoms with Crippen LogP contribution in [0.5, 0.6) is 0 Å². The number of nitrogens with zero attached hydrogens (tertiary/aromatic N) is 1. The van der Waals surface area contributed by atoms with E-state index in [1.54, 1.807) is 11.8 Å². The minimum Gasteiger partial charge on any atom is -0.339 e. The fraction of sp³-hybridized carbons (Fsp3) is 0.562. The van der Waals surface area contributed by atoms with E-state index < -0.39 is 0 Å². The summed E-state index contributed by atoms with van der Waals surface area (Å²) in [7, 11) is 0. The number of rotatable bonds is 5. The highest BCUT2D eigenvalue weighted by Gasteiger charge is 2.34. The minimum atomic E-state index is 0.0105. The zero-order valence-corrected chi connectivity index (χ0v) is 13.1. The van der Waals surface area contributed by atoms with Gasteiger partial charge >= 0.3 is 0 Å². The van der Waals surface area contributed by atoms with Gasteiger partial charge in [0, 0.05) is 17.5 Å². The minimum absolute atomic E-state index is 0.0105. The monoisotopic (exact) mass is 292 g/mol. The number of carbonyl (C=O) groups excluding carboxylic acids is 1. The van der Waals surface area contributed by atoms with Crippen LogP contribution in [0.25, 0.3) is 0 Å².